The van der Waals surface area contributed by atoms with E-state index < -0.39 is 11.7 Å². The van der Waals surface area contributed by atoms with Gasteiger partial charge in [-0.15, -0.1) is 0 Å². The van der Waals surface area contributed by atoms with E-state index >= 15 is 0 Å². The van der Waals surface area contributed by atoms with E-state index in [4.69, 9.17) is 9.15 Å². The molecule has 2 atom stereocenters. The number of ether oxygens (including phenoxy) is 1. The second-order valence-corrected chi connectivity index (χ2v) is 9.16. The minimum atomic E-state index is -0.541. The molecular weight excluding hydrogens is 408 g/mol. The van der Waals surface area contributed by atoms with Crippen molar-refractivity contribution in [1.82, 2.24) is 20.5 Å². The predicted molar refractivity (Wildman–Crippen MR) is 122 cm³/mol. The number of nitrogens with one attached hydrogen (secondary N) is 2. The molecule has 0 radical (unpaired) electrons. The third kappa shape index (κ3) is 6.82. The molecule has 8 nitrogen and oxygen atoms in total. The molecule has 1 aromatic heterocycles. The van der Waals surface area contributed by atoms with Crippen LogP contribution < -0.4 is 10.6 Å². The third-order valence-electron chi connectivity index (χ3n) is 5.40. The molecule has 2 amide bonds. The van der Waals surface area contributed by atoms with E-state index in [0.29, 0.717) is 25.5 Å². The molecule has 0 bridgehead atoms. The molecule has 3 rings (SSSR count). The van der Waals surface area contributed by atoms with Crippen molar-refractivity contribution < 1.29 is 18.7 Å². The summed E-state index contributed by atoms with van der Waals surface area (Å²) in [6, 6.07) is 9.88. The van der Waals surface area contributed by atoms with E-state index in [1.54, 1.807) is 6.20 Å². The van der Waals surface area contributed by atoms with Gasteiger partial charge in [0.15, 0.2) is 5.76 Å². The van der Waals surface area contributed by atoms with Crippen LogP contribution in [0.3, 0.4) is 0 Å². The number of oxazole rings is 1. The molecular formula is C24H34N4O4. The van der Waals surface area contributed by atoms with Gasteiger partial charge in [-0.05, 0) is 47.1 Å². The van der Waals surface area contributed by atoms with E-state index in [0.717, 1.165) is 30.7 Å². The maximum atomic E-state index is 12.6. The first-order valence-electron chi connectivity index (χ1n) is 11.2. The summed E-state index contributed by atoms with van der Waals surface area (Å²) in [4.78, 5) is 31.0. The topological polar surface area (TPSA) is 96.7 Å². The normalized spacial score (nSPS) is 18.1. The summed E-state index contributed by atoms with van der Waals surface area (Å²) in [5.74, 6) is 1.31. The zero-order valence-corrected chi connectivity index (χ0v) is 19.4. The number of nitrogens with zero attached hydrogens (tertiary/aromatic N) is 2. The van der Waals surface area contributed by atoms with Gasteiger partial charge in [0, 0.05) is 25.2 Å². The molecule has 1 fully saturated rings. The second-order valence-electron chi connectivity index (χ2n) is 9.16. The Labute approximate surface area is 189 Å². The van der Waals surface area contributed by atoms with E-state index in [-0.39, 0.29) is 17.9 Å². The van der Waals surface area contributed by atoms with Crippen molar-refractivity contribution in [2.75, 3.05) is 26.2 Å². The quantitative estimate of drug-likeness (QED) is 0.634. The van der Waals surface area contributed by atoms with Gasteiger partial charge in [0.05, 0.1) is 18.2 Å². The fourth-order valence-corrected chi connectivity index (χ4v) is 3.75. The lowest BCUT2D eigenvalue weighted by Gasteiger charge is -2.34. The number of hydrogen-bond acceptors (Lipinski definition) is 6. The predicted octanol–water partition coefficient (Wildman–Crippen LogP) is 3.76. The van der Waals surface area contributed by atoms with Crippen LogP contribution in [0.4, 0.5) is 4.79 Å². The number of rotatable bonds is 7. The summed E-state index contributed by atoms with van der Waals surface area (Å²) in [6.07, 6.45) is 3.05. The van der Waals surface area contributed by atoms with Gasteiger partial charge < -0.3 is 19.8 Å². The highest BCUT2D eigenvalue weighted by atomic mass is 16.6. The number of alkyl carbamates (subject to hydrolysis) is 1. The number of carbonyl (C=O) groups excluding carboxylic acids is 2. The average molecular weight is 443 g/mol. The molecule has 0 aliphatic carbocycles. The van der Waals surface area contributed by atoms with Crippen molar-refractivity contribution in [1.29, 1.82) is 0 Å². The first-order chi connectivity index (χ1) is 15.2. The van der Waals surface area contributed by atoms with Crippen molar-refractivity contribution in [3.8, 4) is 11.3 Å². The Morgan fingerprint density at radius 2 is 1.94 bits per heavy atom. The van der Waals surface area contributed by atoms with Crippen LogP contribution in [0.15, 0.2) is 40.9 Å². The largest absolute Gasteiger partial charge is 0.444 e. The Kier molecular flexibility index (Phi) is 7.90. The van der Waals surface area contributed by atoms with Gasteiger partial charge in [0.25, 0.3) is 0 Å². The van der Waals surface area contributed by atoms with Crippen LogP contribution in [0.5, 0.6) is 0 Å². The SMILES string of the molecule is CC(c1ncc(-c2ccccc2)o1)N1CCCC(C(=O)NCCNC(=O)OC(C)(C)C)C1. The molecule has 174 valence electrons. The molecule has 1 aliphatic heterocycles. The first-order valence-corrected chi connectivity index (χ1v) is 11.2. The van der Waals surface area contributed by atoms with Crippen LogP contribution >= 0.6 is 0 Å². The van der Waals surface area contributed by atoms with Gasteiger partial charge in [0.1, 0.15) is 5.60 Å². The van der Waals surface area contributed by atoms with Crippen LogP contribution in [0.2, 0.25) is 0 Å². The van der Waals surface area contributed by atoms with Crippen molar-refractivity contribution >= 4 is 12.0 Å². The lowest BCUT2D eigenvalue weighted by molar-refractivity contribution is -0.127. The van der Waals surface area contributed by atoms with E-state index in [2.05, 4.69) is 27.4 Å². The zero-order valence-electron chi connectivity index (χ0n) is 19.4. The van der Waals surface area contributed by atoms with E-state index in [1.165, 1.54) is 0 Å². The monoisotopic (exact) mass is 442 g/mol. The molecule has 8 heteroatoms. The molecule has 2 N–H and O–H groups in total. The van der Waals surface area contributed by atoms with Gasteiger partial charge in [-0.25, -0.2) is 9.78 Å². The van der Waals surface area contributed by atoms with Gasteiger partial charge >= 0.3 is 6.09 Å². The van der Waals surface area contributed by atoms with Crippen molar-refractivity contribution in [3.63, 3.8) is 0 Å². The number of piperidine rings is 1. The Hall–Kier alpha value is -2.87. The number of benzene rings is 1. The fourth-order valence-electron chi connectivity index (χ4n) is 3.75. The molecule has 2 unspecified atom stereocenters. The molecule has 1 saturated heterocycles. The molecule has 32 heavy (non-hydrogen) atoms. The molecule has 1 aromatic carbocycles. The third-order valence-corrected chi connectivity index (χ3v) is 5.40. The summed E-state index contributed by atoms with van der Waals surface area (Å²) in [7, 11) is 0. The second kappa shape index (κ2) is 10.6. The lowest BCUT2D eigenvalue weighted by atomic mass is 9.96. The van der Waals surface area contributed by atoms with Gasteiger partial charge in [-0.3, -0.25) is 9.69 Å². The van der Waals surface area contributed by atoms with Crippen LogP contribution in [0.1, 0.15) is 52.5 Å². The Balaban J connectivity index is 1.47. The smallest absolute Gasteiger partial charge is 0.407 e. The van der Waals surface area contributed by atoms with Gasteiger partial charge in [0.2, 0.25) is 11.8 Å². The first kappa shape index (κ1) is 23.8. The van der Waals surface area contributed by atoms with Crippen molar-refractivity contribution in [3.05, 3.63) is 42.4 Å². The average Bonchev–Trinajstić information content (AvgIpc) is 3.26. The maximum absolute atomic E-state index is 12.6. The molecule has 2 heterocycles. The Morgan fingerprint density at radius 1 is 1.22 bits per heavy atom. The number of likely N-dealkylation sites (tertiary alicyclic amines) is 1. The number of aromatic nitrogens is 1. The van der Waals surface area contributed by atoms with E-state index in [9.17, 15) is 9.59 Å². The summed E-state index contributed by atoms with van der Waals surface area (Å²) in [5, 5.41) is 5.58. The van der Waals surface area contributed by atoms with Crippen LogP contribution in [0, 0.1) is 5.92 Å². The van der Waals surface area contributed by atoms with E-state index in [1.807, 2.05) is 51.1 Å². The molecule has 1 aliphatic rings. The highest BCUT2D eigenvalue weighted by molar-refractivity contribution is 5.79. The zero-order chi connectivity index (χ0) is 23.1. The highest BCUT2D eigenvalue weighted by Crippen LogP contribution is 2.29. The molecule has 0 spiro atoms. The highest BCUT2D eigenvalue weighted by Gasteiger charge is 2.30. The van der Waals surface area contributed by atoms with Crippen LogP contribution in [-0.2, 0) is 9.53 Å². The standard InChI is InChI=1S/C24H34N4O4/c1-17(22-27-15-20(31-22)18-9-6-5-7-10-18)28-14-8-11-19(16-28)21(29)25-12-13-26-23(30)32-24(2,3)4/h5-7,9-10,15,17,19H,8,11-14,16H2,1-4H3,(H,25,29)(H,26,30). The maximum Gasteiger partial charge on any atom is 0.407 e. The lowest BCUT2D eigenvalue weighted by Crippen LogP contribution is -2.45. The van der Waals surface area contributed by atoms with Crippen molar-refractivity contribution in [2.24, 2.45) is 5.92 Å². The van der Waals surface area contributed by atoms with Crippen molar-refractivity contribution in [2.45, 2.75) is 52.2 Å². The van der Waals surface area contributed by atoms with Gasteiger partial charge in [-0.2, -0.15) is 0 Å². The summed E-state index contributed by atoms with van der Waals surface area (Å²) in [6.45, 7) is 9.73. The van der Waals surface area contributed by atoms with Gasteiger partial charge in [-0.1, -0.05) is 30.3 Å². The summed E-state index contributed by atoms with van der Waals surface area (Å²) in [5.41, 5.74) is 0.453. The number of carbonyl (C=O) groups is 2. The number of amides is 2. The summed E-state index contributed by atoms with van der Waals surface area (Å²) < 4.78 is 11.2. The van der Waals surface area contributed by atoms with Crippen LogP contribution in [0.25, 0.3) is 11.3 Å². The number of hydrogen-bond donors (Lipinski definition) is 2. The van der Waals surface area contributed by atoms with Crippen LogP contribution in [-0.4, -0.2) is 53.7 Å². The molecule has 2 aromatic rings. The summed E-state index contributed by atoms with van der Waals surface area (Å²) >= 11 is 0. The minimum absolute atomic E-state index is 0.00488. The Morgan fingerprint density at radius 3 is 2.66 bits per heavy atom. The fraction of sp³-hybridized carbons (Fsp3) is 0.542. The molecule has 0 saturated carbocycles. The Bertz CT molecular complexity index is 891. The minimum Gasteiger partial charge on any atom is -0.444 e.